The van der Waals surface area contributed by atoms with E-state index in [1.807, 2.05) is 30.3 Å². The number of hydrogen-bond acceptors (Lipinski definition) is 3. The molecule has 1 aliphatic rings. The maximum absolute atomic E-state index is 12.3. The van der Waals surface area contributed by atoms with E-state index in [1.54, 1.807) is 4.90 Å². The Bertz CT molecular complexity index is 561. The van der Waals surface area contributed by atoms with Gasteiger partial charge in [0, 0.05) is 45.9 Å². The molecule has 1 aliphatic heterocycles. The number of benzene rings is 1. The Balaban J connectivity index is 1.58. The molecule has 0 bridgehead atoms. The van der Waals surface area contributed by atoms with Crippen molar-refractivity contribution in [3.8, 4) is 0 Å². The van der Waals surface area contributed by atoms with Gasteiger partial charge in [-0.1, -0.05) is 37.3 Å². The summed E-state index contributed by atoms with van der Waals surface area (Å²) in [6, 6.07) is 9.98. The van der Waals surface area contributed by atoms with E-state index < -0.39 is 12.8 Å². The highest BCUT2D eigenvalue weighted by atomic mass is 19.4. The Morgan fingerprint density at radius 2 is 1.85 bits per heavy atom. The van der Waals surface area contributed by atoms with E-state index in [-0.39, 0.29) is 18.6 Å². The Hall–Kier alpha value is -1.80. The first-order chi connectivity index (χ1) is 12.8. The highest BCUT2D eigenvalue weighted by Crippen LogP contribution is 2.15. The van der Waals surface area contributed by atoms with Crippen molar-refractivity contribution in [1.82, 2.24) is 15.1 Å². The zero-order valence-electron chi connectivity index (χ0n) is 15.7. The summed E-state index contributed by atoms with van der Waals surface area (Å²) >= 11 is 0. The molecule has 1 atom stereocenters. The number of carbonyl (C=O) groups excluding carboxylic acids is 1. The fourth-order valence-electron chi connectivity index (χ4n) is 3.00. The van der Waals surface area contributed by atoms with Gasteiger partial charge in [0.05, 0.1) is 0 Å². The molecule has 0 saturated carbocycles. The highest BCUT2D eigenvalue weighted by molar-refractivity contribution is 5.74. The van der Waals surface area contributed by atoms with E-state index in [0.717, 1.165) is 13.1 Å². The van der Waals surface area contributed by atoms with Crippen LogP contribution in [-0.4, -0.2) is 74.5 Å². The zero-order valence-corrected chi connectivity index (χ0v) is 15.7. The lowest BCUT2D eigenvalue weighted by molar-refractivity contribution is -0.174. The van der Waals surface area contributed by atoms with E-state index in [2.05, 4.69) is 21.9 Å². The van der Waals surface area contributed by atoms with E-state index in [0.29, 0.717) is 32.6 Å². The van der Waals surface area contributed by atoms with Gasteiger partial charge in [-0.3, -0.25) is 4.90 Å². The smallest absolute Gasteiger partial charge is 0.372 e. The average molecular weight is 387 g/mol. The molecular weight excluding hydrogens is 359 g/mol. The molecule has 1 N–H and O–H groups in total. The topological polar surface area (TPSA) is 44.8 Å². The summed E-state index contributed by atoms with van der Waals surface area (Å²) in [7, 11) is 0. The molecule has 2 rings (SSSR count). The molecule has 1 aromatic rings. The van der Waals surface area contributed by atoms with Crippen molar-refractivity contribution < 1.29 is 22.7 Å². The van der Waals surface area contributed by atoms with Crippen molar-refractivity contribution in [3.63, 3.8) is 0 Å². The first kappa shape index (κ1) is 21.5. The maximum Gasteiger partial charge on any atom is 0.411 e. The number of ether oxygens (including phenoxy) is 1. The van der Waals surface area contributed by atoms with Gasteiger partial charge in [0.1, 0.15) is 6.61 Å². The van der Waals surface area contributed by atoms with Gasteiger partial charge >= 0.3 is 12.2 Å². The van der Waals surface area contributed by atoms with E-state index >= 15 is 0 Å². The predicted octanol–water partition coefficient (Wildman–Crippen LogP) is 3.09. The van der Waals surface area contributed by atoms with Gasteiger partial charge in [-0.05, 0) is 17.9 Å². The van der Waals surface area contributed by atoms with Gasteiger partial charge in [-0.25, -0.2) is 4.79 Å². The molecule has 0 spiro atoms. The first-order valence-electron chi connectivity index (χ1n) is 9.30. The third-order valence-electron chi connectivity index (χ3n) is 4.62. The number of nitrogens with one attached hydrogen (secondary N) is 1. The number of hydrogen-bond donors (Lipinski definition) is 1. The molecule has 0 aliphatic carbocycles. The second-order valence-corrected chi connectivity index (χ2v) is 6.85. The zero-order chi connectivity index (χ0) is 19.7. The summed E-state index contributed by atoms with van der Waals surface area (Å²) < 4.78 is 40.6. The van der Waals surface area contributed by atoms with Crippen molar-refractivity contribution in [2.24, 2.45) is 0 Å². The SMILES string of the molecule is CC(CNC(=O)N1CCN(CCCOCC(F)(F)F)CC1)c1ccccc1. The number of piperazine rings is 1. The van der Waals surface area contributed by atoms with Crippen LogP contribution >= 0.6 is 0 Å². The number of halogens is 3. The molecule has 1 heterocycles. The largest absolute Gasteiger partial charge is 0.411 e. The monoisotopic (exact) mass is 387 g/mol. The van der Waals surface area contributed by atoms with E-state index in [1.165, 1.54) is 5.56 Å². The van der Waals surface area contributed by atoms with Crippen LogP contribution < -0.4 is 5.32 Å². The van der Waals surface area contributed by atoms with Gasteiger partial charge in [0.25, 0.3) is 0 Å². The quantitative estimate of drug-likeness (QED) is 0.698. The lowest BCUT2D eigenvalue weighted by Gasteiger charge is -2.34. The predicted molar refractivity (Wildman–Crippen MR) is 97.8 cm³/mol. The number of urea groups is 1. The van der Waals surface area contributed by atoms with Crippen LogP contribution in [0, 0.1) is 0 Å². The van der Waals surface area contributed by atoms with Crippen molar-refractivity contribution in [3.05, 3.63) is 35.9 Å². The Kier molecular flexibility index (Phi) is 8.37. The highest BCUT2D eigenvalue weighted by Gasteiger charge is 2.27. The van der Waals surface area contributed by atoms with Gasteiger partial charge in [-0.2, -0.15) is 13.2 Å². The summed E-state index contributed by atoms with van der Waals surface area (Å²) in [6.07, 6.45) is -3.71. The molecule has 2 amide bonds. The minimum atomic E-state index is -4.27. The van der Waals surface area contributed by atoms with Crippen LogP contribution in [0.3, 0.4) is 0 Å². The summed E-state index contributed by atoms with van der Waals surface area (Å²) in [4.78, 5) is 16.2. The Morgan fingerprint density at radius 3 is 2.48 bits per heavy atom. The lowest BCUT2D eigenvalue weighted by Crippen LogP contribution is -2.52. The number of nitrogens with zero attached hydrogens (tertiary/aromatic N) is 2. The average Bonchev–Trinajstić information content (AvgIpc) is 2.66. The summed E-state index contributed by atoms with van der Waals surface area (Å²) in [6.45, 7) is 4.93. The Labute approximate surface area is 158 Å². The van der Waals surface area contributed by atoms with E-state index in [4.69, 9.17) is 0 Å². The lowest BCUT2D eigenvalue weighted by atomic mass is 10.0. The van der Waals surface area contributed by atoms with Crippen LogP contribution in [0.25, 0.3) is 0 Å². The number of alkyl halides is 3. The third kappa shape index (κ3) is 8.17. The molecule has 5 nitrogen and oxygen atoms in total. The summed E-state index contributed by atoms with van der Waals surface area (Å²) in [5.74, 6) is 0.244. The Morgan fingerprint density at radius 1 is 1.19 bits per heavy atom. The van der Waals surface area contributed by atoms with Crippen LogP contribution in [0.5, 0.6) is 0 Å². The molecule has 0 aromatic heterocycles. The normalized spacial score (nSPS) is 17.0. The number of rotatable bonds is 8. The number of carbonyl (C=O) groups is 1. The molecular formula is C19H28F3N3O2. The summed E-state index contributed by atoms with van der Waals surface area (Å²) in [5, 5.41) is 2.98. The van der Waals surface area contributed by atoms with Gasteiger partial charge in [0.2, 0.25) is 0 Å². The molecule has 1 fully saturated rings. The van der Waals surface area contributed by atoms with Crippen LogP contribution in [0.2, 0.25) is 0 Å². The molecule has 8 heteroatoms. The van der Waals surface area contributed by atoms with Crippen molar-refractivity contribution in [2.75, 3.05) is 52.5 Å². The molecule has 0 radical (unpaired) electrons. The van der Waals surface area contributed by atoms with Crippen LogP contribution in [0.15, 0.2) is 30.3 Å². The summed E-state index contributed by atoms with van der Waals surface area (Å²) in [5.41, 5.74) is 1.19. The molecule has 27 heavy (non-hydrogen) atoms. The minimum Gasteiger partial charge on any atom is -0.372 e. The minimum absolute atomic E-state index is 0.0639. The van der Waals surface area contributed by atoms with Crippen LogP contribution in [0.1, 0.15) is 24.8 Å². The second kappa shape index (κ2) is 10.5. The third-order valence-corrected chi connectivity index (χ3v) is 4.62. The number of amides is 2. The molecule has 152 valence electrons. The van der Waals surface area contributed by atoms with E-state index in [9.17, 15) is 18.0 Å². The fraction of sp³-hybridized carbons (Fsp3) is 0.632. The fourth-order valence-corrected chi connectivity index (χ4v) is 3.00. The van der Waals surface area contributed by atoms with Crippen molar-refractivity contribution in [2.45, 2.75) is 25.4 Å². The first-order valence-corrected chi connectivity index (χ1v) is 9.30. The van der Waals surface area contributed by atoms with Crippen LogP contribution in [-0.2, 0) is 4.74 Å². The van der Waals surface area contributed by atoms with Crippen molar-refractivity contribution >= 4 is 6.03 Å². The maximum atomic E-state index is 12.3. The van der Waals surface area contributed by atoms with Crippen molar-refractivity contribution in [1.29, 1.82) is 0 Å². The molecule has 1 unspecified atom stereocenters. The van der Waals surface area contributed by atoms with Gasteiger partial charge < -0.3 is 15.0 Å². The molecule has 1 saturated heterocycles. The van der Waals surface area contributed by atoms with Gasteiger partial charge in [0.15, 0.2) is 0 Å². The standard InChI is InChI=1S/C19H28F3N3O2/c1-16(17-6-3-2-4-7-17)14-23-18(26)25-11-9-24(10-12-25)8-5-13-27-15-19(20,21)22/h2-4,6-7,16H,5,8-15H2,1H3,(H,23,26). The van der Waals surface area contributed by atoms with Crippen LogP contribution in [0.4, 0.5) is 18.0 Å². The second-order valence-electron chi connectivity index (χ2n) is 6.85. The van der Waals surface area contributed by atoms with Gasteiger partial charge in [-0.15, -0.1) is 0 Å². The molecule has 1 aromatic carbocycles.